The molecule has 1 heterocycles. The van der Waals surface area contributed by atoms with Gasteiger partial charge in [-0.05, 0) is 99.7 Å². The van der Waals surface area contributed by atoms with Crippen molar-refractivity contribution in [3.05, 3.63) is 119 Å². The lowest BCUT2D eigenvalue weighted by Crippen LogP contribution is -2.30. The summed E-state index contributed by atoms with van der Waals surface area (Å²) in [4.78, 5) is 4.11. The van der Waals surface area contributed by atoms with E-state index in [9.17, 15) is 21.4 Å². The molecule has 0 aromatic heterocycles. The first kappa shape index (κ1) is 38.9. The first-order valence-corrected chi connectivity index (χ1v) is 21.2. The third-order valence-electron chi connectivity index (χ3n) is 9.88. The molecule has 282 valence electrons. The fourth-order valence-corrected chi connectivity index (χ4v) is 8.77. The predicted molar refractivity (Wildman–Crippen MR) is 217 cm³/mol. The molecule has 1 atom stereocenters. The predicted octanol–water partition coefficient (Wildman–Crippen LogP) is 10.2. The maximum atomic E-state index is 14.3. The summed E-state index contributed by atoms with van der Waals surface area (Å²) < 4.78 is 72.7. The van der Waals surface area contributed by atoms with Crippen molar-refractivity contribution in [2.45, 2.75) is 77.0 Å². The molecule has 1 aliphatic heterocycles. The van der Waals surface area contributed by atoms with E-state index < -0.39 is 25.0 Å². The average Bonchev–Trinajstić information content (AvgIpc) is 3.12. The summed E-state index contributed by atoms with van der Waals surface area (Å²) in [6.07, 6.45) is 3.60. The van der Waals surface area contributed by atoms with Gasteiger partial charge in [-0.25, -0.2) is 18.1 Å². The fraction of sp³-hybridized carbons (Fsp3) is 0.279. The van der Waals surface area contributed by atoms with Crippen molar-refractivity contribution in [2.75, 3.05) is 11.9 Å². The van der Waals surface area contributed by atoms with E-state index in [0.717, 1.165) is 71.1 Å². The van der Waals surface area contributed by atoms with Crippen LogP contribution >= 0.6 is 0 Å². The van der Waals surface area contributed by atoms with Crippen LogP contribution in [0.25, 0.3) is 33.4 Å². The van der Waals surface area contributed by atoms with Crippen molar-refractivity contribution in [1.82, 2.24) is 4.72 Å². The topological polar surface area (TPSA) is 138 Å². The van der Waals surface area contributed by atoms with Crippen LogP contribution in [0, 0.1) is 33.6 Å². The van der Waals surface area contributed by atoms with Gasteiger partial charge >= 0.3 is 0 Å². The Morgan fingerprint density at radius 2 is 1.50 bits per heavy atom. The van der Waals surface area contributed by atoms with E-state index in [1.165, 1.54) is 12.1 Å². The minimum Gasteiger partial charge on any atom is -0.456 e. The van der Waals surface area contributed by atoms with E-state index in [0.29, 0.717) is 33.2 Å². The van der Waals surface area contributed by atoms with E-state index in [1.807, 2.05) is 95.3 Å². The highest BCUT2D eigenvalue weighted by Crippen LogP contribution is 2.43. The molecule has 0 spiro atoms. The second kappa shape index (κ2) is 15.9. The first-order chi connectivity index (χ1) is 25.7. The molecule has 54 heavy (non-hydrogen) atoms. The number of anilines is 2. The molecule has 0 saturated heterocycles. The van der Waals surface area contributed by atoms with Crippen molar-refractivity contribution in [2.24, 2.45) is 10.9 Å². The van der Waals surface area contributed by atoms with E-state index >= 15 is 0 Å². The number of rotatable bonds is 13. The SMILES string of the molecule is CCCCC(CC)CNS(=O)(=O)c1cc(S(=O)(=O)O)ccc1-c1c2ccc(=Nc3ccc(C)cc3C)cc-2oc2cc(Nc3ccc(C)cc3C)ccc12. The van der Waals surface area contributed by atoms with E-state index in [2.05, 4.69) is 29.1 Å². The van der Waals surface area contributed by atoms with E-state index in [1.54, 1.807) is 0 Å². The van der Waals surface area contributed by atoms with Gasteiger partial charge in [0.2, 0.25) is 10.0 Å². The van der Waals surface area contributed by atoms with Crippen LogP contribution in [0.15, 0.2) is 110 Å². The number of unbranched alkanes of at least 4 members (excludes halogenated alkanes) is 1. The molecule has 1 unspecified atom stereocenters. The summed E-state index contributed by atoms with van der Waals surface area (Å²) in [5.41, 5.74) is 8.74. The van der Waals surface area contributed by atoms with Crippen LogP contribution < -0.4 is 15.4 Å². The normalized spacial score (nSPS) is 13.1. The number of aryl methyl sites for hydroxylation is 4. The van der Waals surface area contributed by atoms with E-state index in [4.69, 9.17) is 9.41 Å². The van der Waals surface area contributed by atoms with Gasteiger partial charge in [0.25, 0.3) is 10.1 Å². The molecular formula is C43H47N3O6S2. The zero-order valence-electron chi connectivity index (χ0n) is 31.5. The maximum Gasteiger partial charge on any atom is 0.294 e. The highest BCUT2D eigenvalue weighted by Gasteiger charge is 2.28. The Labute approximate surface area is 318 Å². The van der Waals surface area contributed by atoms with Crippen molar-refractivity contribution >= 4 is 48.2 Å². The molecule has 0 radical (unpaired) electrons. The van der Waals surface area contributed by atoms with Gasteiger partial charge in [0, 0.05) is 52.1 Å². The molecule has 0 saturated carbocycles. The number of nitrogens with zero attached hydrogens (tertiary/aromatic N) is 1. The molecule has 4 aromatic carbocycles. The lowest BCUT2D eigenvalue weighted by atomic mass is 9.93. The summed E-state index contributed by atoms with van der Waals surface area (Å²) in [6, 6.07) is 27.0. The van der Waals surface area contributed by atoms with Crippen molar-refractivity contribution < 1.29 is 25.8 Å². The maximum absolute atomic E-state index is 14.3. The Balaban J connectivity index is 1.59. The molecule has 0 fully saturated rings. The van der Waals surface area contributed by atoms with Crippen LogP contribution in [0.5, 0.6) is 0 Å². The molecule has 6 rings (SSSR count). The van der Waals surface area contributed by atoms with Crippen LogP contribution in [0.1, 0.15) is 61.8 Å². The number of hydrogen-bond acceptors (Lipinski definition) is 7. The Morgan fingerprint density at radius 1 is 0.778 bits per heavy atom. The summed E-state index contributed by atoms with van der Waals surface area (Å²) in [7, 11) is -9.02. The van der Waals surface area contributed by atoms with Crippen LogP contribution in [0.3, 0.4) is 0 Å². The monoisotopic (exact) mass is 765 g/mol. The second-order valence-electron chi connectivity index (χ2n) is 14.1. The minimum atomic E-state index is -4.73. The Morgan fingerprint density at radius 3 is 2.19 bits per heavy atom. The number of hydrogen-bond donors (Lipinski definition) is 3. The quantitative estimate of drug-likeness (QED) is 0.0786. The number of nitrogens with one attached hydrogen (secondary N) is 2. The molecule has 4 aromatic rings. The van der Waals surface area contributed by atoms with Gasteiger partial charge in [-0.1, -0.05) is 74.6 Å². The van der Waals surface area contributed by atoms with Crippen molar-refractivity contribution in [3.8, 4) is 22.5 Å². The van der Waals surface area contributed by atoms with Gasteiger partial charge in [0.1, 0.15) is 11.3 Å². The van der Waals surface area contributed by atoms with Crippen molar-refractivity contribution in [3.63, 3.8) is 0 Å². The van der Waals surface area contributed by atoms with Crippen molar-refractivity contribution in [1.29, 1.82) is 0 Å². The van der Waals surface area contributed by atoms with Gasteiger partial charge in [0.05, 0.1) is 20.8 Å². The molecule has 3 N–H and O–H groups in total. The molecule has 1 aliphatic carbocycles. The molecule has 9 nitrogen and oxygen atoms in total. The Kier molecular flexibility index (Phi) is 11.4. The summed E-state index contributed by atoms with van der Waals surface area (Å²) in [6.45, 7) is 12.4. The minimum absolute atomic E-state index is 0.104. The molecule has 0 amide bonds. The van der Waals surface area contributed by atoms with Crippen LogP contribution in [0.2, 0.25) is 0 Å². The number of fused-ring (bicyclic) bond motifs is 2. The standard InChI is InChI=1S/C43H47N3O6S2/c1-7-9-10-31(8-2)26-44-53(47,48)42-25-34(54(49,50)51)15-18-37(42)43-35-16-13-32(45-38-19-11-27(3)21-29(38)5)23-40(35)52-41-24-33(14-17-36(41)43)46-39-20-12-28(4)22-30(39)6/h11-25,31,44-45H,7-10,26H2,1-6H3,(H,49,50,51). The number of benzene rings is 5. The summed E-state index contributed by atoms with van der Waals surface area (Å²) >= 11 is 0. The molecular weight excluding hydrogens is 719 g/mol. The molecule has 0 bridgehead atoms. The summed E-state index contributed by atoms with van der Waals surface area (Å²) in [5.74, 6) is 0.556. The van der Waals surface area contributed by atoms with Gasteiger partial charge in [-0.15, -0.1) is 0 Å². The van der Waals surface area contributed by atoms with Gasteiger partial charge in [-0.3, -0.25) is 4.55 Å². The smallest absolute Gasteiger partial charge is 0.294 e. The Bertz CT molecular complexity index is 2610. The number of sulfonamides is 1. The largest absolute Gasteiger partial charge is 0.456 e. The lowest BCUT2D eigenvalue weighted by molar-refractivity contribution is 0.443. The van der Waals surface area contributed by atoms with Gasteiger partial charge < -0.3 is 9.73 Å². The fourth-order valence-electron chi connectivity index (χ4n) is 6.84. The molecule has 11 heteroatoms. The van der Waals surface area contributed by atoms with Crippen LogP contribution in [-0.2, 0) is 20.1 Å². The first-order valence-electron chi connectivity index (χ1n) is 18.2. The van der Waals surface area contributed by atoms with Crippen LogP contribution in [0.4, 0.5) is 17.1 Å². The van der Waals surface area contributed by atoms with Gasteiger partial charge in [-0.2, -0.15) is 8.42 Å². The zero-order valence-corrected chi connectivity index (χ0v) is 33.2. The Hall–Kier alpha value is -4.81. The highest BCUT2D eigenvalue weighted by molar-refractivity contribution is 7.89. The second-order valence-corrected chi connectivity index (χ2v) is 17.3. The van der Waals surface area contributed by atoms with Gasteiger partial charge in [0.15, 0.2) is 0 Å². The average molecular weight is 766 g/mol. The lowest BCUT2D eigenvalue weighted by Gasteiger charge is -2.20. The molecule has 2 aliphatic rings. The third kappa shape index (κ3) is 8.60. The third-order valence-corrected chi connectivity index (χ3v) is 12.2. The highest BCUT2D eigenvalue weighted by atomic mass is 32.2. The summed E-state index contributed by atoms with van der Waals surface area (Å²) in [5, 5.41) is 4.73. The van der Waals surface area contributed by atoms with E-state index in [-0.39, 0.29) is 22.9 Å². The van der Waals surface area contributed by atoms with Crippen LogP contribution in [-0.4, -0.2) is 27.9 Å². The zero-order chi connectivity index (χ0) is 38.8.